The van der Waals surface area contributed by atoms with Gasteiger partial charge in [0, 0.05) is 12.6 Å². The monoisotopic (exact) mass is 307 g/mol. The molecule has 0 amide bonds. The fraction of sp³-hybridized carbons (Fsp3) is 0.600. The molecule has 0 aliphatic carbocycles. The Balaban J connectivity index is 2.55. The maximum atomic E-state index is 13.1. The summed E-state index contributed by atoms with van der Waals surface area (Å²) < 4.78 is 54.2. The van der Waals surface area contributed by atoms with Crippen LogP contribution in [0.5, 0.6) is 0 Å². The summed E-state index contributed by atoms with van der Waals surface area (Å²) in [5.41, 5.74) is 0.751. The third kappa shape index (κ3) is 8.67. The van der Waals surface area contributed by atoms with Gasteiger partial charge in [0.05, 0.1) is 6.61 Å². The molecule has 0 saturated carbocycles. The third-order valence-electron chi connectivity index (χ3n) is 2.85. The molecule has 0 aliphatic rings. The summed E-state index contributed by atoms with van der Waals surface area (Å²) in [4.78, 5) is 0. The number of alkyl halides is 3. The molecule has 0 fully saturated rings. The third-order valence-corrected chi connectivity index (χ3v) is 2.85. The highest BCUT2D eigenvalue weighted by Gasteiger charge is 2.28. The first-order valence-corrected chi connectivity index (χ1v) is 6.88. The Morgan fingerprint density at radius 2 is 1.95 bits per heavy atom. The van der Waals surface area contributed by atoms with Crippen molar-refractivity contribution >= 4 is 0 Å². The molecule has 120 valence electrons. The van der Waals surface area contributed by atoms with Gasteiger partial charge in [0.2, 0.25) is 0 Å². The lowest BCUT2D eigenvalue weighted by Crippen LogP contribution is -2.33. The predicted octanol–water partition coefficient (Wildman–Crippen LogP) is 3.56. The summed E-state index contributed by atoms with van der Waals surface area (Å²) in [6, 6.07) is 6.31. The summed E-state index contributed by atoms with van der Waals surface area (Å²) in [5, 5.41) is 3.17. The van der Waals surface area contributed by atoms with E-state index >= 15 is 0 Å². The van der Waals surface area contributed by atoms with Crippen molar-refractivity contribution in [2.24, 2.45) is 5.92 Å². The number of hydrogen-bond donors (Lipinski definition) is 1. The van der Waals surface area contributed by atoms with Crippen molar-refractivity contribution < 1.29 is 22.3 Å². The number of halogens is 4. The van der Waals surface area contributed by atoms with Crippen LogP contribution in [0.4, 0.5) is 17.6 Å². The van der Waals surface area contributed by atoms with Crippen LogP contribution in [-0.4, -0.2) is 32.0 Å². The molecule has 0 bridgehead atoms. The molecule has 0 radical (unpaired) electrons. The lowest BCUT2D eigenvalue weighted by atomic mass is 9.99. The molecule has 1 atom stereocenters. The highest BCUT2D eigenvalue weighted by atomic mass is 19.4. The topological polar surface area (TPSA) is 21.3 Å². The highest BCUT2D eigenvalue weighted by molar-refractivity contribution is 5.16. The van der Waals surface area contributed by atoms with E-state index in [1.807, 2.05) is 13.8 Å². The van der Waals surface area contributed by atoms with Gasteiger partial charge in [-0.1, -0.05) is 26.0 Å². The maximum absolute atomic E-state index is 13.1. The Morgan fingerprint density at radius 3 is 2.52 bits per heavy atom. The van der Waals surface area contributed by atoms with Gasteiger partial charge < -0.3 is 10.1 Å². The Bertz CT molecular complexity index is 420. The van der Waals surface area contributed by atoms with E-state index in [9.17, 15) is 17.6 Å². The first kappa shape index (κ1) is 17.9. The van der Waals surface area contributed by atoms with Gasteiger partial charge in [-0.15, -0.1) is 0 Å². The zero-order valence-electron chi connectivity index (χ0n) is 12.2. The zero-order valence-corrected chi connectivity index (χ0v) is 12.2. The van der Waals surface area contributed by atoms with Crippen molar-refractivity contribution in [3.05, 3.63) is 35.6 Å². The van der Waals surface area contributed by atoms with Gasteiger partial charge in [0.15, 0.2) is 0 Å². The van der Waals surface area contributed by atoms with Crippen LogP contribution in [0, 0.1) is 11.7 Å². The van der Waals surface area contributed by atoms with Gasteiger partial charge in [0.1, 0.15) is 12.4 Å². The van der Waals surface area contributed by atoms with Crippen molar-refractivity contribution in [1.82, 2.24) is 5.32 Å². The van der Waals surface area contributed by atoms with Crippen molar-refractivity contribution in [2.45, 2.75) is 32.5 Å². The van der Waals surface area contributed by atoms with Gasteiger partial charge in [-0.2, -0.15) is 13.2 Å². The minimum Gasteiger partial charge on any atom is -0.372 e. The van der Waals surface area contributed by atoms with E-state index in [0.717, 1.165) is 5.56 Å². The summed E-state index contributed by atoms with van der Waals surface area (Å²) in [7, 11) is 0. The Hall–Kier alpha value is -1.14. The van der Waals surface area contributed by atoms with Gasteiger partial charge in [-0.05, 0) is 30.0 Å². The molecule has 0 saturated heterocycles. The smallest absolute Gasteiger partial charge is 0.372 e. The molecule has 1 aromatic carbocycles. The molecule has 1 N–H and O–H groups in total. The normalized spacial score (nSPS) is 13.7. The number of benzene rings is 1. The van der Waals surface area contributed by atoms with E-state index < -0.39 is 12.8 Å². The van der Waals surface area contributed by atoms with Crippen LogP contribution in [0.3, 0.4) is 0 Å². The SMILES string of the molecule is CC(C)NCC(COCC(F)(F)F)Cc1cccc(F)c1. The second kappa shape index (κ2) is 8.34. The Morgan fingerprint density at radius 1 is 1.24 bits per heavy atom. The molecule has 1 rings (SSSR count). The number of ether oxygens (including phenoxy) is 1. The van der Waals surface area contributed by atoms with Gasteiger partial charge >= 0.3 is 6.18 Å². The molecule has 21 heavy (non-hydrogen) atoms. The number of hydrogen-bond acceptors (Lipinski definition) is 2. The molecule has 0 heterocycles. The zero-order chi connectivity index (χ0) is 15.9. The van der Waals surface area contributed by atoms with E-state index in [0.29, 0.717) is 13.0 Å². The molecule has 0 aromatic heterocycles. The summed E-state index contributed by atoms with van der Waals surface area (Å²) >= 11 is 0. The minimum absolute atomic E-state index is 0.0181. The highest BCUT2D eigenvalue weighted by Crippen LogP contribution is 2.16. The number of rotatable bonds is 8. The van der Waals surface area contributed by atoms with Crippen molar-refractivity contribution in [1.29, 1.82) is 0 Å². The summed E-state index contributed by atoms with van der Waals surface area (Å²) in [6.07, 6.45) is -3.86. The molecule has 1 unspecified atom stereocenters. The lowest BCUT2D eigenvalue weighted by molar-refractivity contribution is -0.176. The Kier molecular flexibility index (Phi) is 7.11. The molecular formula is C15H21F4NO. The van der Waals surface area contributed by atoms with Crippen LogP contribution in [0.2, 0.25) is 0 Å². The van der Waals surface area contributed by atoms with Crippen LogP contribution in [0.25, 0.3) is 0 Å². The average Bonchev–Trinajstić information content (AvgIpc) is 2.34. The molecule has 0 aliphatic heterocycles. The first-order chi connectivity index (χ1) is 9.76. The van der Waals surface area contributed by atoms with Gasteiger partial charge in [0.25, 0.3) is 0 Å². The van der Waals surface area contributed by atoms with E-state index in [4.69, 9.17) is 4.74 Å². The van der Waals surface area contributed by atoms with E-state index in [1.165, 1.54) is 12.1 Å². The maximum Gasteiger partial charge on any atom is 0.411 e. The Labute approximate surface area is 122 Å². The van der Waals surface area contributed by atoms with Gasteiger partial charge in [-0.25, -0.2) is 4.39 Å². The molecule has 6 heteroatoms. The van der Waals surface area contributed by atoms with E-state index in [1.54, 1.807) is 12.1 Å². The quantitative estimate of drug-likeness (QED) is 0.742. The molecular weight excluding hydrogens is 286 g/mol. The van der Waals surface area contributed by atoms with E-state index in [2.05, 4.69) is 5.32 Å². The fourth-order valence-electron chi connectivity index (χ4n) is 1.93. The van der Waals surface area contributed by atoms with Crippen LogP contribution in [0.1, 0.15) is 19.4 Å². The summed E-state index contributed by atoms with van der Waals surface area (Å²) in [5.74, 6) is -0.490. The largest absolute Gasteiger partial charge is 0.411 e. The van der Waals surface area contributed by atoms with Crippen LogP contribution in [0.15, 0.2) is 24.3 Å². The molecule has 0 spiro atoms. The van der Waals surface area contributed by atoms with Crippen molar-refractivity contribution in [3.63, 3.8) is 0 Å². The minimum atomic E-state index is -4.32. The van der Waals surface area contributed by atoms with Crippen LogP contribution >= 0.6 is 0 Å². The van der Waals surface area contributed by atoms with Crippen LogP contribution < -0.4 is 5.32 Å². The molecule has 2 nitrogen and oxygen atoms in total. The fourth-order valence-corrected chi connectivity index (χ4v) is 1.93. The standard InChI is InChI=1S/C15H21F4NO/c1-11(2)20-8-13(9-21-10-15(17,18)19)6-12-4-3-5-14(16)7-12/h3-5,7,11,13,20H,6,8-10H2,1-2H3. The van der Waals surface area contributed by atoms with Crippen molar-refractivity contribution in [3.8, 4) is 0 Å². The second-order valence-corrected chi connectivity index (χ2v) is 5.39. The van der Waals surface area contributed by atoms with E-state index in [-0.39, 0.29) is 24.4 Å². The van der Waals surface area contributed by atoms with Gasteiger partial charge in [-0.3, -0.25) is 0 Å². The number of nitrogens with one attached hydrogen (secondary N) is 1. The van der Waals surface area contributed by atoms with Crippen LogP contribution in [-0.2, 0) is 11.2 Å². The molecule has 1 aromatic rings. The second-order valence-electron chi connectivity index (χ2n) is 5.39. The summed E-state index contributed by atoms with van der Waals surface area (Å²) in [6.45, 7) is 3.15. The average molecular weight is 307 g/mol. The lowest BCUT2D eigenvalue weighted by Gasteiger charge is -2.20. The first-order valence-electron chi connectivity index (χ1n) is 6.88. The van der Waals surface area contributed by atoms with Crippen molar-refractivity contribution in [2.75, 3.05) is 19.8 Å². The predicted molar refractivity (Wildman–Crippen MR) is 73.6 cm³/mol.